The molecule has 0 aromatic heterocycles. The van der Waals surface area contributed by atoms with E-state index in [1.54, 1.807) is 4.70 Å². The summed E-state index contributed by atoms with van der Waals surface area (Å²) in [5.74, 6) is 0. The molecule has 93 heavy (non-hydrogen) atoms. The van der Waals surface area contributed by atoms with Crippen LogP contribution in [0, 0.1) is 0 Å². The molecule has 1 aliphatic heterocycles. The molecule has 3 heteroatoms. The fourth-order valence-electron chi connectivity index (χ4n) is 14.4. The molecule has 1 heterocycles. The van der Waals surface area contributed by atoms with E-state index in [4.69, 9.17) is 0 Å². The Morgan fingerprint density at radius 3 is 0.688 bits per heavy atom. The zero-order valence-corrected chi connectivity index (χ0v) is 64.9. The molecule has 0 atom stereocenters. The van der Waals surface area contributed by atoms with Crippen LogP contribution in [0.3, 0.4) is 0 Å². The molecule has 0 N–H and O–H groups in total. The van der Waals surface area contributed by atoms with Crippen LogP contribution in [0.5, 0.6) is 0 Å². The number of allylic oxidation sites excluding steroid dienone is 2. The molecule has 1 aliphatic rings. The van der Waals surface area contributed by atoms with Gasteiger partial charge in [-0.3, -0.25) is 0 Å². The molecule has 0 amide bonds. The minimum Gasteiger partial charge on any atom is -0.0654 e. The molecule has 0 aliphatic carbocycles. The maximum atomic E-state index is 11.9. The van der Waals surface area contributed by atoms with Crippen molar-refractivity contribution in [3.63, 3.8) is 0 Å². The van der Waals surface area contributed by atoms with E-state index in [0.717, 1.165) is 61.0 Å². The van der Waals surface area contributed by atoms with Crippen LogP contribution in [0.4, 0.5) is 0 Å². The van der Waals surface area contributed by atoms with Gasteiger partial charge >= 0.3 is 166 Å². The summed E-state index contributed by atoms with van der Waals surface area (Å²) in [5, 5.41) is 2.87. The summed E-state index contributed by atoms with van der Waals surface area (Å²) in [6, 6.07) is 17.9. The van der Waals surface area contributed by atoms with Gasteiger partial charge in [-0.25, -0.2) is 4.70 Å². The first-order valence-corrected chi connectivity index (χ1v) is 44.0. The average Bonchev–Trinajstić information content (AvgIpc) is 1.61. The Bertz CT molecular complexity index is 1920. The molecule has 0 radical (unpaired) electrons. The van der Waals surface area contributed by atoms with Crippen molar-refractivity contribution < 1.29 is 19.1 Å². The normalized spacial score (nSPS) is 12.6. The molecular weight excluding hydrogens is 1170 g/mol. The number of benzene rings is 2. The van der Waals surface area contributed by atoms with Crippen molar-refractivity contribution in [3.05, 3.63) is 87.5 Å². The molecule has 0 spiro atoms. The van der Waals surface area contributed by atoms with Crippen LogP contribution in [0.15, 0.2) is 59.7 Å². The van der Waals surface area contributed by atoms with Gasteiger partial charge in [-0.2, -0.15) is 0 Å². The Morgan fingerprint density at radius 1 is 0.237 bits per heavy atom. The summed E-state index contributed by atoms with van der Waals surface area (Å²) in [7, 11) is 0. The number of unbranched alkanes of at least 4 members (excludes halogenated alkanes) is 56. The van der Waals surface area contributed by atoms with Gasteiger partial charge in [-0.1, -0.05) is 297 Å². The Morgan fingerprint density at radius 2 is 0.441 bits per heavy atom. The first-order chi connectivity index (χ1) is 46.1. The van der Waals surface area contributed by atoms with E-state index in [0.29, 0.717) is 0 Å². The van der Waals surface area contributed by atoms with Gasteiger partial charge in [0.15, 0.2) is 0 Å². The van der Waals surface area contributed by atoms with Crippen LogP contribution < -0.4 is 0 Å². The summed E-state index contributed by atoms with van der Waals surface area (Å²) < 4.78 is 1.56. The van der Waals surface area contributed by atoms with E-state index in [2.05, 4.69) is 105 Å². The molecule has 0 saturated carbocycles. The van der Waals surface area contributed by atoms with Gasteiger partial charge < -0.3 is 5.53 Å². The molecule has 2 nitrogen and oxygen atoms in total. The van der Waals surface area contributed by atoms with Gasteiger partial charge in [-0.15, -0.1) is 0 Å². The molecule has 0 unspecified atom stereocenters. The Balaban J connectivity index is 0.000000673. The van der Waals surface area contributed by atoms with Crippen LogP contribution in [0.25, 0.3) is 16.9 Å². The molecule has 2 aromatic rings. The van der Waals surface area contributed by atoms with Crippen LogP contribution in [0.1, 0.15) is 475 Å². The van der Waals surface area contributed by atoms with Crippen LogP contribution in [-0.2, 0) is 27.3 Å². The number of rotatable bonds is 70. The number of hydrogen-bond donors (Lipinski definition) is 0. The van der Waals surface area contributed by atoms with Gasteiger partial charge in [0.2, 0.25) is 11.4 Å². The summed E-state index contributed by atoms with van der Waals surface area (Å²) in [5.41, 5.74) is 21.8. The third-order valence-electron chi connectivity index (χ3n) is 20.6. The molecule has 542 valence electrons. The summed E-state index contributed by atoms with van der Waals surface area (Å²) >= 11 is 2.05. The van der Waals surface area contributed by atoms with E-state index in [-0.39, 0.29) is 0 Å². The van der Waals surface area contributed by atoms with Crippen LogP contribution in [-0.4, -0.2) is 4.70 Å². The molecule has 0 saturated heterocycles. The summed E-state index contributed by atoms with van der Waals surface area (Å²) in [6.07, 6.45) is 93.3. The van der Waals surface area contributed by atoms with E-state index in [1.807, 2.05) is 0 Å². The van der Waals surface area contributed by atoms with Gasteiger partial charge in [0, 0.05) is 22.3 Å². The van der Waals surface area contributed by atoms with E-state index >= 15 is 0 Å². The van der Waals surface area contributed by atoms with Crippen LogP contribution >= 0.6 is 0 Å². The maximum absolute atomic E-state index is 11.9. The van der Waals surface area contributed by atoms with Crippen molar-refractivity contribution in [2.75, 3.05) is 0 Å². The zero-order chi connectivity index (χ0) is 66.6. The quantitative estimate of drug-likeness (QED) is 0.0358. The Kier molecular flexibility index (Phi) is 64.2. The topological polar surface area (TPSA) is 25.3 Å². The molecule has 2 aromatic carbocycles. The van der Waals surface area contributed by atoms with Gasteiger partial charge in [-0.05, 0) is 86.8 Å². The van der Waals surface area contributed by atoms with Gasteiger partial charge in [0.05, 0.1) is 0 Å². The molecule has 0 bridgehead atoms. The second kappa shape index (κ2) is 68.5. The first kappa shape index (κ1) is 87.1. The van der Waals surface area contributed by atoms with Crippen LogP contribution in [0.2, 0.25) is 10.8 Å². The smallest absolute Gasteiger partial charge is 0.0654 e. The van der Waals surface area contributed by atoms with E-state index in [9.17, 15) is 5.53 Å². The number of aryl methyl sites for hydroxylation is 2. The van der Waals surface area contributed by atoms with Crippen molar-refractivity contribution in [2.45, 2.75) is 476 Å². The van der Waals surface area contributed by atoms with E-state index in [1.165, 1.54) is 418 Å². The fraction of sp³-hybridized carbons (Fsp3) is 0.822. The van der Waals surface area contributed by atoms with Crippen molar-refractivity contribution in [1.29, 1.82) is 0 Å². The SMILES string of the molecule is CCCCCCCCC1=C(c2cccc(CCCC)c2)[N+](=[N-])C(c2cccc(CCCC)c2)=C1CCCC.CCCCCCCCCCCCCCCCCCCCCCCCCC[CH2][Ni][CH2]CCCCCCCCCCCCCCCCCCCCCCCCCC. The Hall–Kier alpha value is -1.99. The summed E-state index contributed by atoms with van der Waals surface area (Å²) in [6.45, 7) is 13.7. The second-order valence-corrected chi connectivity index (χ2v) is 31.1. The third kappa shape index (κ3) is 50.1. The molecule has 0 fully saturated rings. The van der Waals surface area contributed by atoms with Crippen molar-refractivity contribution in [2.24, 2.45) is 0 Å². The van der Waals surface area contributed by atoms with E-state index < -0.39 is 0 Å². The summed E-state index contributed by atoms with van der Waals surface area (Å²) in [4.78, 5) is 0. The third-order valence-corrected chi connectivity index (χ3v) is 22.0. The minimum absolute atomic E-state index is 1.02. The predicted molar refractivity (Wildman–Crippen MR) is 417 cm³/mol. The standard InChI is InChI=1S/C36H52N2.2C27H55.Ni/c1-5-9-13-14-15-16-26-34-33(25-12-8-4)35(31-23-17-21-29(27-31)19-10-6-2)38(37)36(34)32-24-18-22-30(28-32)20-11-7-3;2*1-3-5-7-9-11-13-15-17-19-21-23-25-27-26-24-22-20-18-16-14-12-10-8-6-4-2;/h17-18,21-24,27-28H,5-16,19-20,25-26H2,1-4H3;2*1,3-27H2,2H3;. The van der Waals surface area contributed by atoms with Crippen molar-refractivity contribution in [3.8, 4) is 0 Å². The zero-order valence-electron chi connectivity index (χ0n) is 63.9. The van der Waals surface area contributed by atoms with Gasteiger partial charge in [0.25, 0.3) is 0 Å². The fourth-order valence-corrected chi connectivity index (χ4v) is 15.6. The first-order valence-electron chi connectivity index (χ1n) is 42.6. The number of nitrogens with zero attached hydrogens (tertiary/aromatic N) is 2. The minimum atomic E-state index is 1.02. The van der Waals surface area contributed by atoms with Crippen molar-refractivity contribution in [1.82, 2.24) is 0 Å². The second-order valence-electron chi connectivity index (χ2n) is 29.6. The Labute approximate surface area is 590 Å². The predicted octanol–water partition coefficient (Wildman–Crippen LogP) is 32.9. The number of hydrogen-bond acceptors (Lipinski definition) is 0. The van der Waals surface area contributed by atoms with Gasteiger partial charge in [0.1, 0.15) is 0 Å². The average molecular weight is 1330 g/mol. The molecule has 3 rings (SSSR count). The van der Waals surface area contributed by atoms with Crippen molar-refractivity contribution >= 4 is 11.4 Å². The monoisotopic (exact) mass is 1330 g/mol. The molecular formula is C90H162N2Ni.